The Morgan fingerprint density at radius 3 is 2.55 bits per heavy atom. The Morgan fingerprint density at radius 1 is 1.13 bits per heavy atom. The minimum Gasteiger partial charge on any atom is -0.306 e. The number of hydrogen-bond donors (Lipinski definition) is 1. The smallest absolute Gasteiger partial charge is 0.256 e. The summed E-state index contributed by atoms with van der Waals surface area (Å²) in [5.41, 5.74) is 2.47. The molecule has 1 aliphatic heterocycles. The number of amides is 1. The number of fused-ring (bicyclic) bond motifs is 1. The number of rotatable bonds is 6. The molecule has 1 atom stereocenters. The maximum atomic E-state index is 13.1. The van der Waals surface area contributed by atoms with E-state index < -0.39 is 5.82 Å². The number of hydrogen-bond acceptors (Lipinski definition) is 4. The zero-order chi connectivity index (χ0) is 22.0. The quantitative estimate of drug-likeness (QED) is 0.520. The van der Waals surface area contributed by atoms with Crippen molar-refractivity contribution in [2.75, 3.05) is 0 Å². The fourth-order valence-electron chi connectivity index (χ4n) is 3.71. The van der Waals surface area contributed by atoms with Gasteiger partial charge in [0, 0.05) is 33.4 Å². The summed E-state index contributed by atoms with van der Waals surface area (Å²) in [6.45, 7) is 4.68. The van der Waals surface area contributed by atoms with Gasteiger partial charge in [0.2, 0.25) is 0 Å². The topological polar surface area (TPSA) is 58.5 Å². The molecule has 31 heavy (non-hydrogen) atoms. The van der Waals surface area contributed by atoms with Crippen LogP contribution in [0.2, 0.25) is 0 Å². The van der Waals surface area contributed by atoms with E-state index >= 15 is 0 Å². The van der Waals surface area contributed by atoms with Crippen LogP contribution in [0.15, 0.2) is 65.0 Å². The van der Waals surface area contributed by atoms with Gasteiger partial charge in [-0.15, -0.1) is 11.3 Å². The van der Waals surface area contributed by atoms with Crippen molar-refractivity contribution in [3.05, 3.63) is 92.9 Å². The number of thiophene rings is 1. The van der Waals surface area contributed by atoms with E-state index in [2.05, 4.69) is 30.2 Å². The Bertz CT molecular complexity index is 1150. The molecular weight excluding hydrogens is 411 g/mol. The van der Waals surface area contributed by atoms with Crippen LogP contribution in [0.1, 0.15) is 63.4 Å². The minimum absolute atomic E-state index is 0.0664. The van der Waals surface area contributed by atoms with Crippen LogP contribution in [-0.2, 0) is 12.0 Å². The summed E-state index contributed by atoms with van der Waals surface area (Å²) in [5, 5.41) is 4.84. The summed E-state index contributed by atoms with van der Waals surface area (Å²) in [6.07, 6.45) is 1.28. The molecule has 1 aliphatic rings. The molecule has 1 aromatic heterocycles. The fourth-order valence-corrected chi connectivity index (χ4v) is 4.67. The van der Waals surface area contributed by atoms with E-state index in [4.69, 9.17) is 0 Å². The highest BCUT2D eigenvalue weighted by molar-refractivity contribution is 7.10. The minimum atomic E-state index is -0.398. The lowest BCUT2D eigenvalue weighted by molar-refractivity contribution is 0.0950. The lowest BCUT2D eigenvalue weighted by Crippen LogP contribution is -2.30. The molecule has 158 valence electrons. The first kappa shape index (κ1) is 21.1. The third-order valence-corrected chi connectivity index (χ3v) is 7.06. The molecule has 1 unspecified atom stereocenters. The summed E-state index contributed by atoms with van der Waals surface area (Å²) < 4.78 is 13.1. The van der Waals surface area contributed by atoms with E-state index in [-0.39, 0.29) is 17.1 Å². The van der Waals surface area contributed by atoms with Gasteiger partial charge >= 0.3 is 0 Å². The molecule has 0 saturated heterocycles. The molecule has 1 N–H and O–H groups in total. The van der Waals surface area contributed by atoms with Crippen molar-refractivity contribution < 1.29 is 14.0 Å². The highest BCUT2D eigenvalue weighted by atomic mass is 32.1. The second-order valence-electron chi connectivity index (χ2n) is 7.99. The summed E-state index contributed by atoms with van der Waals surface area (Å²) in [6, 6.07) is 15.0. The Labute approximate surface area is 184 Å². The predicted molar refractivity (Wildman–Crippen MR) is 121 cm³/mol. The van der Waals surface area contributed by atoms with Crippen LogP contribution in [0.25, 0.3) is 0 Å². The number of Topliss-reactive ketones (excluding diaryl/α,β-unsaturated/α-hetero) is 1. The maximum absolute atomic E-state index is 13.1. The Balaban J connectivity index is 1.53. The number of carbonyl (C=O) groups excluding carboxylic acids is 2. The van der Waals surface area contributed by atoms with Gasteiger partial charge in [0.25, 0.3) is 5.91 Å². The molecule has 0 aliphatic carbocycles. The van der Waals surface area contributed by atoms with E-state index in [1.165, 1.54) is 29.1 Å². The van der Waals surface area contributed by atoms with Crippen LogP contribution < -0.4 is 5.32 Å². The first-order valence-electron chi connectivity index (χ1n) is 10.2. The summed E-state index contributed by atoms with van der Waals surface area (Å²) in [4.78, 5) is 31.3. The lowest BCUT2D eigenvalue weighted by Gasteiger charge is -2.26. The van der Waals surface area contributed by atoms with E-state index in [1.807, 2.05) is 29.6 Å². The molecule has 6 heteroatoms. The number of nitrogens with zero attached hydrogens (tertiary/aromatic N) is 1. The number of amidine groups is 1. The fraction of sp³-hybridized carbons (Fsp3) is 0.240. The largest absolute Gasteiger partial charge is 0.306 e. The monoisotopic (exact) mass is 434 g/mol. The van der Waals surface area contributed by atoms with Crippen molar-refractivity contribution >= 4 is 28.9 Å². The number of nitrogens with one attached hydrogen (secondary N) is 1. The van der Waals surface area contributed by atoms with Crippen molar-refractivity contribution in [1.82, 2.24) is 5.32 Å². The number of benzene rings is 2. The second kappa shape index (κ2) is 8.55. The van der Waals surface area contributed by atoms with Gasteiger partial charge in [-0.25, -0.2) is 4.39 Å². The van der Waals surface area contributed by atoms with Gasteiger partial charge in [-0.1, -0.05) is 32.0 Å². The highest BCUT2D eigenvalue weighted by Gasteiger charge is 2.30. The Morgan fingerprint density at radius 2 is 1.87 bits per heavy atom. The number of aliphatic imine (C=N–C) groups is 1. The van der Waals surface area contributed by atoms with Crippen LogP contribution >= 0.6 is 11.3 Å². The number of halogens is 1. The average Bonchev–Trinajstić information content (AvgIpc) is 3.45. The van der Waals surface area contributed by atoms with Gasteiger partial charge in [-0.3, -0.25) is 14.6 Å². The highest BCUT2D eigenvalue weighted by Crippen LogP contribution is 2.35. The summed E-state index contributed by atoms with van der Waals surface area (Å²) in [7, 11) is 0. The van der Waals surface area contributed by atoms with Crippen molar-refractivity contribution in [2.45, 2.75) is 38.6 Å². The molecule has 0 radical (unpaired) electrons. The zero-order valence-electron chi connectivity index (χ0n) is 17.4. The Kier molecular flexibility index (Phi) is 5.83. The average molecular weight is 435 g/mol. The zero-order valence-corrected chi connectivity index (χ0v) is 18.3. The summed E-state index contributed by atoms with van der Waals surface area (Å²) in [5.74, 6) is -0.253. The van der Waals surface area contributed by atoms with Crippen LogP contribution in [0.3, 0.4) is 0 Å². The van der Waals surface area contributed by atoms with E-state index in [1.54, 1.807) is 11.3 Å². The molecule has 0 spiro atoms. The van der Waals surface area contributed by atoms with Gasteiger partial charge in [0.15, 0.2) is 5.78 Å². The molecular formula is C25H23FN2O2S. The molecule has 0 saturated carbocycles. The first-order chi connectivity index (χ1) is 14.9. The SMILES string of the molecule is CCC(C)(CC(=O)c1ccc2c(c1)C(NC(=O)c1ccc(F)cc1)=NC2)c1cccs1. The third-order valence-electron chi connectivity index (χ3n) is 5.88. The molecule has 4 nitrogen and oxygen atoms in total. The van der Waals surface area contributed by atoms with Crippen molar-refractivity contribution in [3.8, 4) is 0 Å². The number of carbonyl (C=O) groups is 2. The molecule has 0 fully saturated rings. The van der Waals surface area contributed by atoms with Gasteiger partial charge in [0.05, 0.1) is 6.54 Å². The lowest BCUT2D eigenvalue weighted by atomic mass is 9.79. The van der Waals surface area contributed by atoms with Crippen molar-refractivity contribution in [1.29, 1.82) is 0 Å². The van der Waals surface area contributed by atoms with Crippen LogP contribution in [-0.4, -0.2) is 17.5 Å². The molecule has 4 rings (SSSR count). The van der Waals surface area contributed by atoms with Gasteiger partial charge < -0.3 is 5.32 Å². The van der Waals surface area contributed by atoms with E-state index in [9.17, 15) is 14.0 Å². The third kappa shape index (κ3) is 4.35. The van der Waals surface area contributed by atoms with Gasteiger partial charge in [0.1, 0.15) is 11.7 Å². The van der Waals surface area contributed by atoms with Crippen LogP contribution in [0.4, 0.5) is 4.39 Å². The van der Waals surface area contributed by atoms with E-state index in [0.29, 0.717) is 29.9 Å². The number of ketones is 1. The van der Waals surface area contributed by atoms with Gasteiger partial charge in [-0.2, -0.15) is 0 Å². The first-order valence-corrected chi connectivity index (χ1v) is 11.1. The molecule has 3 aromatic rings. The molecule has 0 bridgehead atoms. The summed E-state index contributed by atoms with van der Waals surface area (Å²) >= 11 is 1.68. The maximum Gasteiger partial charge on any atom is 0.256 e. The normalized spacial score (nSPS) is 14.5. The standard InChI is InChI=1S/C25H23FN2O2S/c1-3-25(2,22-5-4-12-31-22)14-21(29)17-6-7-18-15-27-23(20(18)13-17)28-24(30)16-8-10-19(26)11-9-16/h4-13H,3,14-15H2,1-2H3,(H,27,28,30). The van der Waals surface area contributed by atoms with Gasteiger partial charge in [-0.05, 0) is 53.8 Å². The molecule has 2 heterocycles. The Hall–Kier alpha value is -3.12. The van der Waals surface area contributed by atoms with E-state index in [0.717, 1.165) is 17.5 Å². The van der Waals surface area contributed by atoms with Crippen LogP contribution in [0.5, 0.6) is 0 Å². The van der Waals surface area contributed by atoms with Crippen molar-refractivity contribution in [3.63, 3.8) is 0 Å². The predicted octanol–water partition coefficient (Wildman–Crippen LogP) is 5.52. The van der Waals surface area contributed by atoms with Crippen LogP contribution in [0, 0.1) is 5.82 Å². The molecule has 1 amide bonds. The van der Waals surface area contributed by atoms with Crippen molar-refractivity contribution in [2.24, 2.45) is 4.99 Å². The second-order valence-corrected chi connectivity index (χ2v) is 8.94. The molecule has 2 aromatic carbocycles.